The molecule has 0 amide bonds. The van der Waals surface area contributed by atoms with Gasteiger partial charge in [-0.3, -0.25) is 0 Å². The number of hydrogen-bond donors (Lipinski definition) is 0. The molecule has 1 aliphatic carbocycles. The molecule has 0 aliphatic heterocycles. The van der Waals surface area contributed by atoms with Crippen LogP contribution in [0, 0.1) is 0 Å². The van der Waals surface area contributed by atoms with Gasteiger partial charge in [-0.25, -0.2) is 0 Å². The Bertz CT molecular complexity index is 2260. The van der Waals surface area contributed by atoms with E-state index in [0.29, 0.717) is 0 Å². The van der Waals surface area contributed by atoms with Crippen LogP contribution < -0.4 is 0 Å². The maximum atomic E-state index is 2.74. The second kappa shape index (κ2) is 14.4. The van der Waals surface area contributed by atoms with E-state index in [1.165, 1.54) is 32.7 Å². The van der Waals surface area contributed by atoms with Gasteiger partial charge in [0, 0.05) is 0 Å². The first-order valence-electron chi connectivity index (χ1n) is 24.6. The van der Waals surface area contributed by atoms with Crippen molar-refractivity contribution >= 4 is 21.5 Å². The molecule has 4 aromatic rings. The lowest BCUT2D eigenvalue weighted by Gasteiger charge is -2.46. The van der Waals surface area contributed by atoms with E-state index in [4.69, 9.17) is 0 Å². The normalized spacial score (nSPS) is 15.5. The summed E-state index contributed by atoms with van der Waals surface area (Å²) in [5, 5.41) is 5.87. The van der Waals surface area contributed by atoms with Crippen molar-refractivity contribution in [2.45, 2.75) is 275 Å². The molecule has 1 aliphatic rings. The molecule has 0 spiro atoms. The Morgan fingerprint density at radius 3 is 0.516 bits per heavy atom. The summed E-state index contributed by atoms with van der Waals surface area (Å²) in [6, 6.07) is 5.48. The Balaban J connectivity index is 2.27. The maximum absolute atomic E-state index is 2.74. The monoisotopic (exact) mass is 841 g/mol. The Hall–Kier alpha value is -2.60. The molecular formula is C62H96. The van der Waals surface area contributed by atoms with E-state index >= 15 is 0 Å². The summed E-state index contributed by atoms with van der Waals surface area (Å²) in [5.74, 6) is 0. The molecule has 0 heteroatoms. The first-order valence-corrected chi connectivity index (χ1v) is 24.6. The molecule has 0 saturated heterocycles. The van der Waals surface area contributed by atoms with E-state index in [1.807, 2.05) is 0 Å². The lowest BCUT2D eigenvalue weighted by molar-refractivity contribution is 0.469. The van der Waals surface area contributed by atoms with Crippen molar-refractivity contribution in [3.63, 3.8) is 0 Å². The van der Waals surface area contributed by atoms with Crippen LogP contribution >= 0.6 is 0 Å². The number of benzene rings is 4. The van der Waals surface area contributed by atoms with E-state index in [0.717, 1.165) is 12.8 Å². The molecule has 5 rings (SSSR count). The standard InChI is InChI=1S/C62H96/c1-53(2,3)43-35-31-39-41(47(57(13,14)15)51(61(25,26)27)49(59(19,20)21)45(39)55(7,8)9)33-37(35)44(54(4,5)6)38-34-42-40(32-36(38)43)46(56(10,11)12)50(60(22,23)24)52(62(28,29)30)48(42)58(16,17)18/h31,33H,32,34H2,1-30H3. The summed E-state index contributed by atoms with van der Waals surface area (Å²) in [6.45, 7) is 74.5. The molecule has 0 aromatic heterocycles. The number of rotatable bonds is 0. The predicted molar refractivity (Wildman–Crippen MR) is 281 cm³/mol. The van der Waals surface area contributed by atoms with Crippen molar-refractivity contribution in [3.8, 4) is 0 Å². The van der Waals surface area contributed by atoms with Gasteiger partial charge >= 0.3 is 0 Å². The van der Waals surface area contributed by atoms with Crippen LogP contribution in [0.2, 0.25) is 0 Å². The molecular weight excluding hydrogens is 745 g/mol. The van der Waals surface area contributed by atoms with Crippen molar-refractivity contribution < 1.29 is 0 Å². The Morgan fingerprint density at radius 2 is 0.339 bits per heavy atom. The second-order valence-electron chi connectivity index (χ2n) is 30.5. The molecule has 62 heavy (non-hydrogen) atoms. The number of fused-ring (bicyclic) bond motifs is 4. The third-order valence-electron chi connectivity index (χ3n) is 13.9. The molecule has 344 valence electrons. The van der Waals surface area contributed by atoms with E-state index in [2.05, 4.69) is 220 Å². The van der Waals surface area contributed by atoms with Crippen molar-refractivity contribution in [1.29, 1.82) is 0 Å². The van der Waals surface area contributed by atoms with Crippen molar-refractivity contribution in [2.24, 2.45) is 0 Å². The fourth-order valence-corrected chi connectivity index (χ4v) is 12.5. The molecule has 0 nitrogen and oxygen atoms in total. The molecule has 0 fully saturated rings. The zero-order valence-electron chi connectivity index (χ0n) is 46.6. The lowest BCUT2D eigenvalue weighted by atomic mass is 9.58. The van der Waals surface area contributed by atoms with Gasteiger partial charge in [-0.05, 0) is 179 Å². The zero-order chi connectivity index (χ0) is 48.2. The third-order valence-corrected chi connectivity index (χ3v) is 13.9. The Kier molecular flexibility index (Phi) is 11.7. The second-order valence-corrected chi connectivity index (χ2v) is 30.5. The van der Waals surface area contributed by atoms with Crippen molar-refractivity contribution in [2.75, 3.05) is 0 Å². The first-order chi connectivity index (χ1) is 27.2. The van der Waals surface area contributed by atoms with Crippen LogP contribution in [0.15, 0.2) is 12.1 Å². The molecule has 0 atom stereocenters. The highest BCUT2D eigenvalue weighted by atomic mass is 14.5. The number of hydrogen-bond acceptors (Lipinski definition) is 0. The van der Waals surface area contributed by atoms with Gasteiger partial charge in [0.2, 0.25) is 0 Å². The van der Waals surface area contributed by atoms with E-state index < -0.39 is 0 Å². The summed E-state index contributed by atoms with van der Waals surface area (Å²) >= 11 is 0. The summed E-state index contributed by atoms with van der Waals surface area (Å²) < 4.78 is 0. The van der Waals surface area contributed by atoms with Crippen molar-refractivity contribution in [3.05, 3.63) is 90.0 Å². The lowest BCUT2D eigenvalue weighted by Crippen LogP contribution is -2.36. The minimum absolute atomic E-state index is 0.0168. The van der Waals surface area contributed by atoms with Crippen molar-refractivity contribution in [1.82, 2.24) is 0 Å². The average molecular weight is 841 g/mol. The molecule has 0 heterocycles. The highest BCUT2D eigenvalue weighted by molar-refractivity contribution is 6.07. The molecule has 4 aromatic carbocycles. The van der Waals surface area contributed by atoms with Crippen LogP contribution in [0.4, 0.5) is 0 Å². The summed E-state index contributed by atoms with van der Waals surface area (Å²) in [5.41, 5.74) is 21.7. The van der Waals surface area contributed by atoms with Gasteiger partial charge in [0.1, 0.15) is 0 Å². The van der Waals surface area contributed by atoms with E-state index in [-0.39, 0.29) is 54.1 Å². The minimum atomic E-state index is -0.0795. The van der Waals surface area contributed by atoms with Gasteiger partial charge in [-0.1, -0.05) is 208 Å². The van der Waals surface area contributed by atoms with Gasteiger partial charge in [0.05, 0.1) is 0 Å². The maximum Gasteiger partial charge on any atom is -0.00136 e. The van der Waals surface area contributed by atoms with E-state index in [9.17, 15) is 0 Å². The summed E-state index contributed by atoms with van der Waals surface area (Å²) in [4.78, 5) is 0. The van der Waals surface area contributed by atoms with Gasteiger partial charge < -0.3 is 0 Å². The molecule has 0 bridgehead atoms. The van der Waals surface area contributed by atoms with Crippen LogP contribution in [0.1, 0.15) is 286 Å². The van der Waals surface area contributed by atoms with Gasteiger partial charge in [-0.2, -0.15) is 0 Å². The minimum Gasteiger partial charge on any atom is -0.0561 e. The first kappa shape index (κ1) is 50.4. The summed E-state index contributed by atoms with van der Waals surface area (Å²) in [6.07, 6.45) is 1.96. The quantitative estimate of drug-likeness (QED) is 0.136. The molecule has 0 radical (unpaired) electrons. The molecule has 0 N–H and O–H groups in total. The van der Waals surface area contributed by atoms with Crippen LogP contribution in [-0.4, -0.2) is 0 Å². The SMILES string of the molecule is CC(C)(C)c1c2c(c(C(C)(C)C)c(C(C)(C)C)c1C(C)(C)C)Cc1c(c(C(C)(C)C)c3cc4c(C(C)(C)C)c(C(C)(C)C)c(C(C)(C)C)c(C(C)(C)C)c4cc3c1C(C)(C)C)C2. The fourth-order valence-electron chi connectivity index (χ4n) is 12.5. The third kappa shape index (κ3) is 8.64. The average Bonchev–Trinajstić information content (AvgIpc) is 2.97. The highest BCUT2D eigenvalue weighted by Gasteiger charge is 2.45. The summed E-state index contributed by atoms with van der Waals surface area (Å²) in [7, 11) is 0. The zero-order valence-corrected chi connectivity index (χ0v) is 46.6. The molecule has 0 saturated carbocycles. The van der Waals surface area contributed by atoms with Gasteiger partial charge in [0.15, 0.2) is 0 Å². The van der Waals surface area contributed by atoms with Crippen LogP contribution in [-0.2, 0) is 67.0 Å². The van der Waals surface area contributed by atoms with Crippen LogP contribution in [0.5, 0.6) is 0 Å². The van der Waals surface area contributed by atoms with E-state index in [1.54, 1.807) is 66.8 Å². The smallest absolute Gasteiger partial charge is 0.00136 e. The van der Waals surface area contributed by atoms with Crippen LogP contribution in [0.3, 0.4) is 0 Å². The Labute approximate surface area is 384 Å². The largest absolute Gasteiger partial charge is 0.0561 e. The van der Waals surface area contributed by atoms with Gasteiger partial charge in [0.25, 0.3) is 0 Å². The van der Waals surface area contributed by atoms with Gasteiger partial charge in [-0.15, -0.1) is 0 Å². The fraction of sp³-hybridized carbons (Fsp3) is 0.677. The van der Waals surface area contributed by atoms with Crippen LogP contribution in [0.25, 0.3) is 21.5 Å². The highest BCUT2D eigenvalue weighted by Crippen LogP contribution is 2.56. The Morgan fingerprint density at radius 1 is 0.194 bits per heavy atom. The molecule has 0 unspecified atom stereocenters. The predicted octanol–water partition coefficient (Wildman–Crippen LogP) is 18.5. The topological polar surface area (TPSA) is 0 Å².